The normalized spacial score (nSPS) is 21.5. The zero-order valence-electron chi connectivity index (χ0n) is 14.1. The van der Waals surface area contributed by atoms with Crippen LogP contribution >= 0.6 is 0 Å². The minimum absolute atomic E-state index is 0.0971. The lowest BCUT2D eigenvalue weighted by Crippen LogP contribution is -2.56. The van der Waals surface area contributed by atoms with E-state index < -0.39 is 0 Å². The topological polar surface area (TPSA) is 54.3 Å². The Morgan fingerprint density at radius 2 is 2.12 bits per heavy atom. The van der Waals surface area contributed by atoms with Crippen molar-refractivity contribution < 1.29 is 4.79 Å². The Morgan fingerprint density at radius 1 is 1.21 bits per heavy atom. The van der Waals surface area contributed by atoms with Crippen molar-refractivity contribution >= 4 is 5.91 Å². The number of aromatic nitrogens is 3. The maximum absolute atomic E-state index is 13.0. The molecule has 0 N–H and O–H groups in total. The van der Waals surface area contributed by atoms with Crippen molar-refractivity contribution in [1.82, 2.24) is 24.6 Å². The van der Waals surface area contributed by atoms with Gasteiger partial charge in [0.1, 0.15) is 0 Å². The van der Waals surface area contributed by atoms with Crippen LogP contribution < -0.4 is 0 Å². The molecule has 6 heteroatoms. The van der Waals surface area contributed by atoms with E-state index >= 15 is 0 Å². The SMILES string of the molecule is Cc1c(C(=O)N2CCN3CCCCC3C2)cnn1-c1ccccn1. The van der Waals surface area contributed by atoms with Gasteiger partial charge in [0.05, 0.1) is 17.5 Å². The predicted octanol–water partition coefficient (Wildman–Crippen LogP) is 1.89. The Bertz CT molecular complexity index is 726. The molecule has 2 aliphatic rings. The lowest BCUT2D eigenvalue weighted by molar-refractivity contribution is 0.0372. The average Bonchev–Trinajstić information content (AvgIpc) is 3.03. The molecule has 2 fully saturated rings. The molecular formula is C18H23N5O. The Hall–Kier alpha value is -2.21. The van der Waals surface area contributed by atoms with E-state index in [1.807, 2.05) is 30.0 Å². The van der Waals surface area contributed by atoms with Crippen molar-refractivity contribution in [1.29, 1.82) is 0 Å². The first-order valence-electron chi connectivity index (χ1n) is 8.73. The highest BCUT2D eigenvalue weighted by molar-refractivity contribution is 5.95. The van der Waals surface area contributed by atoms with Crippen molar-refractivity contribution in [2.75, 3.05) is 26.2 Å². The summed E-state index contributed by atoms with van der Waals surface area (Å²) in [6.45, 7) is 5.76. The maximum atomic E-state index is 13.0. The minimum Gasteiger partial charge on any atom is -0.336 e. The number of hydrogen-bond acceptors (Lipinski definition) is 4. The van der Waals surface area contributed by atoms with E-state index in [0.717, 1.165) is 31.1 Å². The van der Waals surface area contributed by atoms with Crippen LogP contribution in [-0.2, 0) is 0 Å². The van der Waals surface area contributed by atoms with E-state index in [9.17, 15) is 4.79 Å². The van der Waals surface area contributed by atoms with Gasteiger partial charge in [-0.2, -0.15) is 5.10 Å². The molecule has 0 aromatic carbocycles. The van der Waals surface area contributed by atoms with Crippen LogP contribution in [0.5, 0.6) is 0 Å². The molecule has 0 bridgehead atoms. The standard InChI is InChI=1S/C18H23N5O/c1-14-16(12-20-23(14)17-7-2-4-8-19-17)18(24)22-11-10-21-9-5-3-6-15(21)13-22/h2,4,7-8,12,15H,3,5-6,9-11,13H2,1H3. The first kappa shape index (κ1) is 15.3. The third-order valence-corrected chi connectivity index (χ3v) is 5.23. The van der Waals surface area contributed by atoms with Gasteiger partial charge in [-0.1, -0.05) is 12.5 Å². The fourth-order valence-electron chi connectivity index (χ4n) is 3.84. The van der Waals surface area contributed by atoms with Crippen molar-refractivity contribution in [2.24, 2.45) is 0 Å². The zero-order chi connectivity index (χ0) is 16.5. The fourth-order valence-corrected chi connectivity index (χ4v) is 3.84. The van der Waals surface area contributed by atoms with Crippen LogP contribution in [0.3, 0.4) is 0 Å². The second-order valence-corrected chi connectivity index (χ2v) is 6.68. The van der Waals surface area contributed by atoms with E-state index in [1.54, 1.807) is 17.1 Å². The predicted molar refractivity (Wildman–Crippen MR) is 91.2 cm³/mol. The summed E-state index contributed by atoms with van der Waals surface area (Å²) in [4.78, 5) is 21.8. The zero-order valence-corrected chi connectivity index (χ0v) is 14.1. The molecule has 2 aliphatic heterocycles. The summed E-state index contributed by atoms with van der Waals surface area (Å²) >= 11 is 0. The molecule has 126 valence electrons. The molecule has 2 saturated heterocycles. The van der Waals surface area contributed by atoms with Gasteiger partial charge in [0.15, 0.2) is 5.82 Å². The van der Waals surface area contributed by atoms with Crippen molar-refractivity contribution in [3.63, 3.8) is 0 Å². The lowest BCUT2D eigenvalue weighted by atomic mass is 9.99. The van der Waals surface area contributed by atoms with Crippen molar-refractivity contribution in [3.8, 4) is 5.82 Å². The summed E-state index contributed by atoms with van der Waals surface area (Å²) < 4.78 is 1.74. The monoisotopic (exact) mass is 325 g/mol. The molecule has 2 aromatic heterocycles. The van der Waals surface area contributed by atoms with E-state index in [2.05, 4.69) is 15.0 Å². The number of hydrogen-bond donors (Lipinski definition) is 0. The van der Waals surface area contributed by atoms with Crippen LogP contribution in [0.1, 0.15) is 35.3 Å². The molecular weight excluding hydrogens is 302 g/mol. The molecule has 4 rings (SSSR count). The highest BCUT2D eigenvalue weighted by Gasteiger charge is 2.32. The molecule has 0 radical (unpaired) electrons. The highest BCUT2D eigenvalue weighted by Crippen LogP contribution is 2.23. The number of amides is 1. The largest absolute Gasteiger partial charge is 0.336 e. The van der Waals surface area contributed by atoms with Gasteiger partial charge in [-0.25, -0.2) is 9.67 Å². The van der Waals surface area contributed by atoms with Gasteiger partial charge < -0.3 is 4.90 Å². The average molecular weight is 325 g/mol. The summed E-state index contributed by atoms with van der Waals surface area (Å²) in [7, 11) is 0. The number of nitrogens with zero attached hydrogens (tertiary/aromatic N) is 5. The molecule has 2 aromatic rings. The number of fused-ring (bicyclic) bond motifs is 1. The summed E-state index contributed by atoms with van der Waals surface area (Å²) in [5.74, 6) is 0.839. The minimum atomic E-state index is 0.0971. The van der Waals surface area contributed by atoms with Crippen LogP contribution in [0, 0.1) is 6.92 Å². The molecule has 0 aliphatic carbocycles. The Labute approximate surface area is 142 Å². The number of rotatable bonds is 2. The van der Waals surface area contributed by atoms with Crippen LogP contribution in [0.15, 0.2) is 30.6 Å². The van der Waals surface area contributed by atoms with E-state index in [-0.39, 0.29) is 5.91 Å². The molecule has 0 spiro atoms. The van der Waals surface area contributed by atoms with Crippen molar-refractivity contribution in [2.45, 2.75) is 32.2 Å². The summed E-state index contributed by atoms with van der Waals surface area (Å²) in [6, 6.07) is 6.22. The third kappa shape index (κ3) is 2.71. The third-order valence-electron chi connectivity index (χ3n) is 5.23. The number of carbonyl (C=O) groups is 1. The fraction of sp³-hybridized carbons (Fsp3) is 0.500. The molecule has 4 heterocycles. The van der Waals surface area contributed by atoms with Crippen LogP contribution in [0.4, 0.5) is 0 Å². The van der Waals surface area contributed by atoms with Gasteiger partial charge in [-0.15, -0.1) is 0 Å². The Morgan fingerprint density at radius 3 is 2.96 bits per heavy atom. The van der Waals surface area contributed by atoms with Gasteiger partial charge in [0.2, 0.25) is 0 Å². The van der Waals surface area contributed by atoms with E-state index in [1.165, 1.54) is 25.8 Å². The van der Waals surface area contributed by atoms with Gasteiger partial charge >= 0.3 is 0 Å². The van der Waals surface area contributed by atoms with Gasteiger partial charge in [-0.05, 0) is 38.4 Å². The van der Waals surface area contributed by atoms with Crippen LogP contribution in [-0.4, -0.2) is 62.7 Å². The van der Waals surface area contributed by atoms with Crippen LogP contribution in [0.25, 0.3) is 5.82 Å². The molecule has 24 heavy (non-hydrogen) atoms. The van der Waals surface area contributed by atoms with Crippen LogP contribution in [0.2, 0.25) is 0 Å². The van der Waals surface area contributed by atoms with Gasteiger partial charge in [0, 0.05) is 31.9 Å². The van der Waals surface area contributed by atoms with E-state index in [4.69, 9.17) is 0 Å². The smallest absolute Gasteiger partial charge is 0.257 e. The summed E-state index contributed by atoms with van der Waals surface area (Å²) in [5, 5.41) is 4.38. The number of piperazine rings is 1. The molecule has 1 unspecified atom stereocenters. The van der Waals surface area contributed by atoms with Crippen molar-refractivity contribution in [3.05, 3.63) is 41.9 Å². The molecule has 0 saturated carbocycles. The molecule has 6 nitrogen and oxygen atoms in total. The highest BCUT2D eigenvalue weighted by atomic mass is 16.2. The maximum Gasteiger partial charge on any atom is 0.257 e. The van der Waals surface area contributed by atoms with Gasteiger partial charge in [-0.3, -0.25) is 9.69 Å². The second-order valence-electron chi connectivity index (χ2n) is 6.68. The van der Waals surface area contributed by atoms with Gasteiger partial charge in [0.25, 0.3) is 5.91 Å². The number of carbonyl (C=O) groups excluding carboxylic acids is 1. The Balaban J connectivity index is 1.54. The summed E-state index contributed by atoms with van der Waals surface area (Å²) in [6.07, 6.45) is 7.19. The summed E-state index contributed by atoms with van der Waals surface area (Å²) in [5.41, 5.74) is 1.54. The molecule has 1 atom stereocenters. The van der Waals surface area contributed by atoms with E-state index in [0.29, 0.717) is 11.6 Å². The molecule has 1 amide bonds. The first-order valence-corrected chi connectivity index (χ1v) is 8.73. The number of piperidine rings is 1. The first-order chi connectivity index (χ1) is 11.7. The quantitative estimate of drug-likeness (QED) is 0.846. The second kappa shape index (κ2) is 6.36. The Kier molecular flexibility index (Phi) is 4.06. The number of pyridine rings is 1. The lowest BCUT2D eigenvalue weighted by Gasteiger charge is -2.44.